The van der Waals surface area contributed by atoms with Gasteiger partial charge in [-0.2, -0.15) is 5.10 Å². The van der Waals surface area contributed by atoms with E-state index in [9.17, 15) is 4.79 Å². The number of aromatic nitrogens is 4. The third kappa shape index (κ3) is 2.40. The van der Waals surface area contributed by atoms with Gasteiger partial charge in [0.1, 0.15) is 11.6 Å². The number of likely N-dealkylation sites (N-methyl/N-ethyl adjacent to an activating group) is 1. The van der Waals surface area contributed by atoms with E-state index in [0.29, 0.717) is 17.5 Å². The Bertz CT molecular complexity index is 660. The fourth-order valence-electron chi connectivity index (χ4n) is 2.84. The second-order valence-corrected chi connectivity index (χ2v) is 5.29. The highest BCUT2D eigenvalue weighted by Gasteiger charge is 2.19. The summed E-state index contributed by atoms with van der Waals surface area (Å²) >= 11 is 0. The maximum atomic E-state index is 11.6. The fraction of sp³-hybridized carbons (Fsp3) is 0.615. The van der Waals surface area contributed by atoms with E-state index < -0.39 is 0 Å². The number of aromatic amines is 1. The third-order valence-electron chi connectivity index (χ3n) is 3.87. The average molecular weight is 276 g/mol. The first kappa shape index (κ1) is 13.1. The smallest absolute Gasteiger partial charge is 0.349 e. The van der Waals surface area contributed by atoms with Crippen LogP contribution in [0.3, 0.4) is 0 Å². The second-order valence-electron chi connectivity index (χ2n) is 5.29. The van der Waals surface area contributed by atoms with Crippen molar-refractivity contribution in [3.05, 3.63) is 22.4 Å². The van der Waals surface area contributed by atoms with Gasteiger partial charge < -0.3 is 10.2 Å². The molecule has 0 aliphatic carbocycles. The Morgan fingerprint density at radius 3 is 3.20 bits per heavy atom. The van der Waals surface area contributed by atoms with Crippen LogP contribution < -0.4 is 11.0 Å². The van der Waals surface area contributed by atoms with Gasteiger partial charge in [0, 0.05) is 18.7 Å². The SMILES string of the molecule is CCN1CCCC(Nc2cc3n[nH]c(=O)n3c(C)n2)C1. The minimum Gasteiger partial charge on any atom is -0.366 e. The van der Waals surface area contributed by atoms with Crippen molar-refractivity contribution in [1.82, 2.24) is 24.5 Å². The van der Waals surface area contributed by atoms with Crippen LogP contribution >= 0.6 is 0 Å². The first-order chi connectivity index (χ1) is 9.67. The van der Waals surface area contributed by atoms with E-state index in [0.717, 1.165) is 25.3 Å². The van der Waals surface area contributed by atoms with Gasteiger partial charge in [0.2, 0.25) is 0 Å². The van der Waals surface area contributed by atoms with Gasteiger partial charge in [-0.3, -0.25) is 0 Å². The lowest BCUT2D eigenvalue weighted by Gasteiger charge is -2.32. The molecule has 1 unspecified atom stereocenters. The molecule has 0 radical (unpaired) electrons. The van der Waals surface area contributed by atoms with Gasteiger partial charge in [0.05, 0.1) is 0 Å². The lowest BCUT2D eigenvalue weighted by molar-refractivity contribution is 0.226. The predicted molar refractivity (Wildman–Crippen MR) is 77.1 cm³/mol. The zero-order valence-corrected chi connectivity index (χ0v) is 11.9. The van der Waals surface area contributed by atoms with Crippen molar-refractivity contribution in [2.24, 2.45) is 0 Å². The minimum atomic E-state index is -0.244. The topological polar surface area (TPSA) is 78.3 Å². The second kappa shape index (κ2) is 5.24. The number of aryl methyl sites for hydroxylation is 1. The van der Waals surface area contributed by atoms with E-state index in [1.54, 1.807) is 0 Å². The third-order valence-corrected chi connectivity index (χ3v) is 3.87. The molecule has 20 heavy (non-hydrogen) atoms. The zero-order chi connectivity index (χ0) is 14.1. The van der Waals surface area contributed by atoms with Crippen molar-refractivity contribution in [2.45, 2.75) is 32.7 Å². The van der Waals surface area contributed by atoms with Crippen LogP contribution in [0.2, 0.25) is 0 Å². The number of fused-ring (bicyclic) bond motifs is 1. The van der Waals surface area contributed by atoms with Crippen molar-refractivity contribution in [3.8, 4) is 0 Å². The Morgan fingerprint density at radius 1 is 1.55 bits per heavy atom. The van der Waals surface area contributed by atoms with Crippen LogP contribution in [0.15, 0.2) is 10.9 Å². The number of likely N-dealkylation sites (tertiary alicyclic amines) is 1. The zero-order valence-electron chi connectivity index (χ0n) is 11.9. The number of hydrogen-bond donors (Lipinski definition) is 2. The molecule has 2 aromatic heterocycles. The Kier molecular flexibility index (Phi) is 3.43. The first-order valence-electron chi connectivity index (χ1n) is 7.11. The van der Waals surface area contributed by atoms with Crippen LogP contribution in [-0.2, 0) is 0 Å². The van der Waals surface area contributed by atoms with Crippen molar-refractivity contribution >= 4 is 11.5 Å². The van der Waals surface area contributed by atoms with Crippen LogP contribution in [0.5, 0.6) is 0 Å². The standard InChI is InChI=1S/C13H20N6O/c1-3-18-6-4-5-10(8-18)15-11-7-12-16-17-13(20)19(12)9(2)14-11/h7,10,15H,3-6,8H2,1-2H3,(H,17,20). The van der Waals surface area contributed by atoms with Gasteiger partial charge in [0.25, 0.3) is 0 Å². The van der Waals surface area contributed by atoms with Crippen molar-refractivity contribution in [1.29, 1.82) is 0 Å². The molecule has 2 aromatic rings. The molecule has 0 aromatic carbocycles. The monoisotopic (exact) mass is 276 g/mol. The van der Waals surface area contributed by atoms with E-state index >= 15 is 0 Å². The number of H-pyrrole nitrogens is 1. The lowest BCUT2D eigenvalue weighted by atomic mass is 10.1. The summed E-state index contributed by atoms with van der Waals surface area (Å²) in [6, 6.07) is 2.22. The van der Waals surface area contributed by atoms with Crippen molar-refractivity contribution < 1.29 is 0 Å². The van der Waals surface area contributed by atoms with Gasteiger partial charge in [-0.15, -0.1) is 0 Å². The highest BCUT2D eigenvalue weighted by Crippen LogP contribution is 2.15. The molecule has 0 saturated carbocycles. The van der Waals surface area contributed by atoms with E-state index in [4.69, 9.17) is 0 Å². The molecule has 0 amide bonds. The van der Waals surface area contributed by atoms with Gasteiger partial charge >= 0.3 is 5.69 Å². The summed E-state index contributed by atoms with van der Waals surface area (Å²) in [5.41, 5.74) is 0.361. The molecule has 1 atom stereocenters. The van der Waals surface area contributed by atoms with Crippen LogP contribution in [0.4, 0.5) is 5.82 Å². The predicted octanol–water partition coefficient (Wildman–Crippen LogP) is 0.622. The number of anilines is 1. The number of piperidine rings is 1. The molecule has 7 heteroatoms. The first-order valence-corrected chi connectivity index (χ1v) is 7.11. The van der Waals surface area contributed by atoms with Gasteiger partial charge in [0.15, 0.2) is 5.65 Å². The van der Waals surface area contributed by atoms with Gasteiger partial charge in [-0.1, -0.05) is 6.92 Å². The number of hydrogen-bond acceptors (Lipinski definition) is 5. The molecule has 1 fully saturated rings. The molecule has 2 N–H and O–H groups in total. The van der Waals surface area contributed by atoms with Crippen LogP contribution in [-0.4, -0.2) is 50.2 Å². The molecule has 0 bridgehead atoms. The molecule has 3 heterocycles. The van der Waals surface area contributed by atoms with E-state index in [2.05, 4.69) is 32.3 Å². The maximum absolute atomic E-state index is 11.6. The number of nitrogens with zero attached hydrogens (tertiary/aromatic N) is 4. The fourth-order valence-corrected chi connectivity index (χ4v) is 2.84. The summed E-state index contributed by atoms with van der Waals surface area (Å²) in [5.74, 6) is 1.43. The summed E-state index contributed by atoms with van der Waals surface area (Å²) < 4.78 is 1.48. The Morgan fingerprint density at radius 2 is 2.40 bits per heavy atom. The van der Waals surface area contributed by atoms with Crippen molar-refractivity contribution in [3.63, 3.8) is 0 Å². The van der Waals surface area contributed by atoms with Gasteiger partial charge in [-0.25, -0.2) is 19.3 Å². The molecule has 1 saturated heterocycles. The molecule has 1 aliphatic heterocycles. The molecular formula is C13H20N6O. The Balaban J connectivity index is 1.82. The lowest BCUT2D eigenvalue weighted by Crippen LogP contribution is -2.42. The molecule has 7 nitrogen and oxygen atoms in total. The Hall–Kier alpha value is -1.89. The normalized spacial score (nSPS) is 20.4. The molecular weight excluding hydrogens is 256 g/mol. The van der Waals surface area contributed by atoms with Crippen molar-refractivity contribution in [2.75, 3.05) is 25.0 Å². The Labute approximate surface area is 117 Å². The van der Waals surface area contributed by atoms with E-state index in [1.807, 2.05) is 13.0 Å². The minimum absolute atomic E-state index is 0.244. The van der Waals surface area contributed by atoms with E-state index in [1.165, 1.54) is 17.4 Å². The number of nitrogens with one attached hydrogen (secondary N) is 2. The summed E-state index contributed by atoms with van der Waals surface area (Å²) in [4.78, 5) is 18.4. The van der Waals surface area contributed by atoms with Crippen LogP contribution in [0.25, 0.3) is 5.65 Å². The largest absolute Gasteiger partial charge is 0.366 e. The summed E-state index contributed by atoms with van der Waals surface area (Å²) in [6.45, 7) is 7.30. The van der Waals surface area contributed by atoms with Crippen LogP contribution in [0, 0.1) is 6.92 Å². The molecule has 3 rings (SSSR count). The molecule has 1 aliphatic rings. The quantitative estimate of drug-likeness (QED) is 0.859. The van der Waals surface area contributed by atoms with Crippen LogP contribution in [0.1, 0.15) is 25.6 Å². The summed E-state index contributed by atoms with van der Waals surface area (Å²) in [7, 11) is 0. The highest BCUT2D eigenvalue weighted by molar-refractivity contribution is 5.50. The summed E-state index contributed by atoms with van der Waals surface area (Å²) in [5, 5.41) is 9.91. The average Bonchev–Trinajstić information content (AvgIpc) is 2.81. The number of rotatable bonds is 3. The van der Waals surface area contributed by atoms with Gasteiger partial charge in [-0.05, 0) is 32.9 Å². The highest BCUT2D eigenvalue weighted by atomic mass is 16.1. The molecule has 0 spiro atoms. The molecule has 108 valence electrons. The summed E-state index contributed by atoms with van der Waals surface area (Å²) in [6.07, 6.45) is 2.35. The maximum Gasteiger partial charge on any atom is 0.349 e. The van der Waals surface area contributed by atoms with E-state index in [-0.39, 0.29) is 5.69 Å².